The Kier molecular flexibility index (Phi) is 1.85. The molecule has 0 unspecified atom stereocenters. The van der Waals surface area contributed by atoms with Crippen LogP contribution in [0.3, 0.4) is 0 Å². The van der Waals surface area contributed by atoms with Crippen LogP contribution in [0, 0.1) is 0 Å². The maximum absolute atomic E-state index is 9.02. The first kappa shape index (κ1) is 6.30. The molecule has 1 aromatic rings. The molecule has 2 radical (unpaired) electrons. The first-order valence-electron chi connectivity index (χ1n) is 3.03. The molecule has 46 valence electrons. The molecule has 1 aromatic carbocycles. The van der Waals surface area contributed by atoms with Crippen molar-refractivity contribution in [2.75, 3.05) is 0 Å². The van der Waals surface area contributed by atoms with Gasteiger partial charge >= 0.3 is 0 Å². The summed E-state index contributed by atoms with van der Waals surface area (Å²) in [6.45, 7) is 1.76. The van der Waals surface area contributed by atoms with E-state index in [-0.39, 0.29) is 6.04 Å². The van der Waals surface area contributed by atoms with E-state index >= 15 is 0 Å². The second-order valence-corrected chi connectivity index (χ2v) is 2.09. The van der Waals surface area contributed by atoms with Crippen molar-refractivity contribution in [3.63, 3.8) is 0 Å². The minimum atomic E-state index is -0.341. The SMILES string of the molecule is C[C@H]([N])c1ccccc1. The van der Waals surface area contributed by atoms with E-state index in [2.05, 4.69) is 0 Å². The molecule has 0 fully saturated rings. The Morgan fingerprint density at radius 3 is 2.11 bits per heavy atom. The van der Waals surface area contributed by atoms with Crippen LogP contribution in [0.5, 0.6) is 0 Å². The van der Waals surface area contributed by atoms with E-state index in [1.807, 2.05) is 30.3 Å². The summed E-state index contributed by atoms with van der Waals surface area (Å²) in [6, 6.07) is 9.25. The van der Waals surface area contributed by atoms with E-state index in [0.29, 0.717) is 0 Å². The monoisotopic (exact) mass is 119 g/mol. The fourth-order valence-electron chi connectivity index (χ4n) is 0.732. The van der Waals surface area contributed by atoms with Crippen LogP contribution in [0.1, 0.15) is 18.5 Å². The number of hydrogen-bond acceptors (Lipinski definition) is 0. The number of nitrogens with zero attached hydrogens (tertiary/aromatic N) is 1. The number of rotatable bonds is 1. The maximum Gasteiger partial charge on any atom is 0.0654 e. The Morgan fingerprint density at radius 2 is 1.78 bits per heavy atom. The highest BCUT2D eigenvalue weighted by Gasteiger charge is 1.96. The second kappa shape index (κ2) is 2.65. The molecule has 0 aliphatic carbocycles. The Morgan fingerprint density at radius 1 is 1.22 bits per heavy atom. The third-order valence-electron chi connectivity index (χ3n) is 1.28. The van der Waals surface area contributed by atoms with Crippen molar-refractivity contribution in [2.45, 2.75) is 13.0 Å². The molecule has 0 aliphatic heterocycles. The van der Waals surface area contributed by atoms with Crippen molar-refractivity contribution in [1.29, 1.82) is 0 Å². The van der Waals surface area contributed by atoms with Crippen molar-refractivity contribution in [2.24, 2.45) is 0 Å². The topological polar surface area (TPSA) is 22.3 Å². The van der Waals surface area contributed by atoms with Crippen LogP contribution in [0.4, 0.5) is 0 Å². The highest BCUT2D eigenvalue weighted by Crippen LogP contribution is 2.08. The first-order chi connectivity index (χ1) is 4.30. The summed E-state index contributed by atoms with van der Waals surface area (Å²) >= 11 is 0. The highest BCUT2D eigenvalue weighted by molar-refractivity contribution is 5.17. The van der Waals surface area contributed by atoms with Gasteiger partial charge in [0.1, 0.15) is 0 Å². The summed E-state index contributed by atoms with van der Waals surface area (Å²) in [5.41, 5.74) is 9.99. The smallest absolute Gasteiger partial charge is 0.0654 e. The highest BCUT2D eigenvalue weighted by atomic mass is 14.6. The fourth-order valence-corrected chi connectivity index (χ4v) is 0.732. The summed E-state index contributed by atoms with van der Waals surface area (Å²) in [6.07, 6.45) is 0. The fraction of sp³-hybridized carbons (Fsp3) is 0.250. The first-order valence-corrected chi connectivity index (χ1v) is 3.03. The van der Waals surface area contributed by atoms with Crippen LogP contribution in [0.25, 0.3) is 0 Å². The van der Waals surface area contributed by atoms with E-state index in [4.69, 9.17) is 5.73 Å². The average Bonchev–Trinajstić information content (AvgIpc) is 1.90. The van der Waals surface area contributed by atoms with Gasteiger partial charge in [-0.15, -0.1) is 5.73 Å². The van der Waals surface area contributed by atoms with Crippen LogP contribution in [-0.4, -0.2) is 0 Å². The Balaban J connectivity index is 2.85. The van der Waals surface area contributed by atoms with Crippen molar-refractivity contribution in [1.82, 2.24) is 5.73 Å². The molecule has 0 amide bonds. The van der Waals surface area contributed by atoms with Crippen LogP contribution < -0.4 is 5.73 Å². The van der Waals surface area contributed by atoms with Gasteiger partial charge in [-0.2, -0.15) is 0 Å². The normalized spacial score (nSPS) is 13.1. The quantitative estimate of drug-likeness (QED) is 0.538. The molecule has 1 heteroatoms. The molecular formula is C8H9N. The van der Waals surface area contributed by atoms with E-state index in [9.17, 15) is 0 Å². The van der Waals surface area contributed by atoms with Gasteiger partial charge in [0.25, 0.3) is 0 Å². The van der Waals surface area contributed by atoms with Gasteiger partial charge in [0.2, 0.25) is 0 Å². The molecule has 0 saturated heterocycles. The molecule has 0 aromatic heterocycles. The predicted octanol–water partition coefficient (Wildman–Crippen LogP) is 1.82. The Bertz CT molecular complexity index is 167. The standard InChI is InChI=1S/C8H9N/c1-7(9)8-5-3-2-4-6-8/h2-7H,1H3/t7-/m0/s1. The minimum absolute atomic E-state index is 0.341. The summed E-state index contributed by atoms with van der Waals surface area (Å²) in [4.78, 5) is 0. The van der Waals surface area contributed by atoms with Crippen molar-refractivity contribution in [3.8, 4) is 0 Å². The second-order valence-electron chi connectivity index (χ2n) is 2.09. The van der Waals surface area contributed by atoms with Gasteiger partial charge < -0.3 is 0 Å². The number of benzene rings is 1. The third-order valence-corrected chi connectivity index (χ3v) is 1.28. The van der Waals surface area contributed by atoms with Gasteiger partial charge in [-0.25, -0.2) is 0 Å². The van der Waals surface area contributed by atoms with Crippen LogP contribution >= 0.6 is 0 Å². The lowest BCUT2D eigenvalue weighted by atomic mass is 10.1. The van der Waals surface area contributed by atoms with Crippen LogP contribution in [0.15, 0.2) is 30.3 Å². The molecule has 9 heavy (non-hydrogen) atoms. The zero-order chi connectivity index (χ0) is 6.69. The Hall–Kier alpha value is -0.820. The molecule has 0 N–H and O–H groups in total. The predicted molar refractivity (Wildman–Crippen MR) is 37.0 cm³/mol. The van der Waals surface area contributed by atoms with Crippen molar-refractivity contribution >= 4 is 0 Å². The molecule has 0 heterocycles. The summed E-state index contributed by atoms with van der Waals surface area (Å²) in [5.74, 6) is 0. The molecular weight excluding hydrogens is 110 g/mol. The molecule has 0 bridgehead atoms. The van der Waals surface area contributed by atoms with E-state index in [0.717, 1.165) is 5.56 Å². The molecule has 1 rings (SSSR count). The van der Waals surface area contributed by atoms with E-state index in [1.165, 1.54) is 0 Å². The molecule has 1 nitrogen and oxygen atoms in total. The lowest BCUT2D eigenvalue weighted by molar-refractivity contribution is 0.788. The van der Waals surface area contributed by atoms with E-state index in [1.54, 1.807) is 6.92 Å². The average molecular weight is 119 g/mol. The summed E-state index contributed by atoms with van der Waals surface area (Å²) in [5, 5.41) is 0. The molecule has 1 atom stereocenters. The summed E-state index contributed by atoms with van der Waals surface area (Å²) < 4.78 is 0. The molecule has 0 spiro atoms. The maximum atomic E-state index is 9.02. The lowest BCUT2D eigenvalue weighted by Crippen LogP contribution is -1.90. The molecule has 0 aliphatic rings. The minimum Gasteiger partial charge on any atom is -0.136 e. The van der Waals surface area contributed by atoms with Gasteiger partial charge in [-0.05, 0) is 12.5 Å². The lowest BCUT2D eigenvalue weighted by Gasteiger charge is -1.99. The van der Waals surface area contributed by atoms with Crippen LogP contribution in [-0.2, 0) is 0 Å². The van der Waals surface area contributed by atoms with Gasteiger partial charge in [-0.1, -0.05) is 30.3 Å². The van der Waals surface area contributed by atoms with E-state index < -0.39 is 0 Å². The number of hydrogen-bond donors (Lipinski definition) is 0. The summed E-state index contributed by atoms with van der Waals surface area (Å²) in [7, 11) is 0. The van der Waals surface area contributed by atoms with Gasteiger partial charge in [0.15, 0.2) is 0 Å². The van der Waals surface area contributed by atoms with Gasteiger partial charge in [0, 0.05) is 0 Å². The van der Waals surface area contributed by atoms with Crippen LogP contribution in [0.2, 0.25) is 0 Å². The zero-order valence-electron chi connectivity index (χ0n) is 5.41. The van der Waals surface area contributed by atoms with Crippen molar-refractivity contribution < 1.29 is 0 Å². The van der Waals surface area contributed by atoms with Crippen molar-refractivity contribution in [3.05, 3.63) is 35.9 Å². The van der Waals surface area contributed by atoms with Gasteiger partial charge in [-0.3, -0.25) is 0 Å². The largest absolute Gasteiger partial charge is 0.136 e. The molecule has 0 saturated carbocycles. The van der Waals surface area contributed by atoms with Gasteiger partial charge in [0.05, 0.1) is 6.04 Å². The third kappa shape index (κ3) is 1.54. The zero-order valence-corrected chi connectivity index (χ0v) is 5.41. The Labute approximate surface area is 55.5 Å².